The van der Waals surface area contributed by atoms with Crippen molar-refractivity contribution in [2.75, 3.05) is 32.6 Å². The average molecular weight is 524 g/mol. The van der Waals surface area contributed by atoms with Gasteiger partial charge in [0.25, 0.3) is 0 Å². The summed E-state index contributed by atoms with van der Waals surface area (Å²) in [5.74, 6) is 1.41. The Balaban J connectivity index is 0.00000364. The molecule has 0 bridgehead atoms. The lowest BCUT2D eigenvalue weighted by molar-refractivity contribution is 0.199. The van der Waals surface area contributed by atoms with Gasteiger partial charge in [-0.3, -0.25) is 4.99 Å². The van der Waals surface area contributed by atoms with Gasteiger partial charge in [0.2, 0.25) is 0 Å². The Hall–Kier alpha value is -1.26. The van der Waals surface area contributed by atoms with E-state index in [1.54, 1.807) is 18.4 Å². The third-order valence-electron chi connectivity index (χ3n) is 3.67. The minimum Gasteiger partial charge on any atom is -0.487 e. The van der Waals surface area contributed by atoms with Gasteiger partial charge in [-0.2, -0.15) is 0 Å². The number of thiazole rings is 1. The smallest absolute Gasteiger partial charge is 0.191 e. The van der Waals surface area contributed by atoms with Crippen LogP contribution in [0.2, 0.25) is 5.02 Å². The number of hydrogen-bond donors (Lipinski definition) is 2. The van der Waals surface area contributed by atoms with Gasteiger partial charge >= 0.3 is 0 Å². The molecule has 0 spiro atoms. The Labute approximate surface area is 187 Å². The van der Waals surface area contributed by atoms with Crippen LogP contribution in [0.5, 0.6) is 5.75 Å². The van der Waals surface area contributed by atoms with Crippen molar-refractivity contribution in [2.24, 2.45) is 4.99 Å². The van der Waals surface area contributed by atoms with Gasteiger partial charge in [0.05, 0.1) is 23.8 Å². The molecule has 1 atom stereocenters. The van der Waals surface area contributed by atoms with Gasteiger partial charge < -0.3 is 20.3 Å². The summed E-state index contributed by atoms with van der Waals surface area (Å²) in [6.07, 6.45) is 0.848. The van der Waals surface area contributed by atoms with Crippen molar-refractivity contribution in [1.82, 2.24) is 15.6 Å². The lowest BCUT2D eigenvalue weighted by Crippen LogP contribution is -2.42. The molecule has 0 aliphatic rings. The van der Waals surface area contributed by atoms with Crippen molar-refractivity contribution in [3.8, 4) is 5.75 Å². The lowest BCUT2D eigenvalue weighted by atomic mass is 10.2. The van der Waals surface area contributed by atoms with Gasteiger partial charge in [-0.1, -0.05) is 30.7 Å². The zero-order valence-corrected chi connectivity index (χ0v) is 19.9. The highest BCUT2D eigenvalue weighted by molar-refractivity contribution is 14.0. The van der Waals surface area contributed by atoms with Gasteiger partial charge in [-0.15, -0.1) is 35.3 Å². The third kappa shape index (κ3) is 7.71. The van der Waals surface area contributed by atoms with E-state index in [9.17, 15) is 0 Å². The van der Waals surface area contributed by atoms with Crippen molar-refractivity contribution in [2.45, 2.75) is 26.0 Å². The highest BCUT2D eigenvalue weighted by atomic mass is 127. The molecule has 0 aliphatic carbocycles. The van der Waals surface area contributed by atoms with Gasteiger partial charge in [0, 0.05) is 26.5 Å². The predicted octanol–water partition coefficient (Wildman–Crippen LogP) is 4.00. The molecule has 2 rings (SSSR count). The Bertz CT molecular complexity index is 725. The number of anilines is 1. The largest absolute Gasteiger partial charge is 0.487 e. The summed E-state index contributed by atoms with van der Waals surface area (Å²) in [7, 11) is 5.72. The van der Waals surface area contributed by atoms with Crippen molar-refractivity contribution >= 4 is 58.0 Å². The first kappa shape index (κ1) is 23.8. The number of rotatable bonds is 8. The lowest BCUT2D eigenvalue weighted by Gasteiger charge is -2.20. The molecule has 27 heavy (non-hydrogen) atoms. The zero-order chi connectivity index (χ0) is 18.9. The van der Waals surface area contributed by atoms with E-state index in [0.717, 1.165) is 17.2 Å². The number of benzene rings is 1. The molecule has 2 N–H and O–H groups in total. The second-order valence-electron chi connectivity index (χ2n) is 5.90. The Kier molecular flexibility index (Phi) is 10.8. The van der Waals surface area contributed by atoms with Crippen LogP contribution in [0.3, 0.4) is 0 Å². The second-order valence-corrected chi connectivity index (χ2v) is 7.14. The minimum absolute atomic E-state index is 0. The third-order valence-corrected chi connectivity index (χ3v) is 5.03. The molecule has 0 radical (unpaired) electrons. The standard InChI is InChI=1S/C18H26ClN5OS.HI/c1-5-14(25-16-9-7-6-8-15(16)19)11-22-17(20-2)21-10-13-12-26-18(23-13)24(3)4;/h6-9,12,14H,5,10-11H2,1-4H3,(H2,20,21,22);1H. The topological polar surface area (TPSA) is 61.8 Å². The fraction of sp³-hybridized carbons (Fsp3) is 0.444. The summed E-state index contributed by atoms with van der Waals surface area (Å²) < 4.78 is 5.99. The van der Waals surface area contributed by atoms with E-state index in [-0.39, 0.29) is 30.1 Å². The van der Waals surface area contributed by atoms with Gasteiger partial charge in [-0.25, -0.2) is 4.98 Å². The molecule has 2 aromatic rings. The molecule has 0 fully saturated rings. The zero-order valence-electron chi connectivity index (χ0n) is 16.0. The number of nitrogens with zero attached hydrogens (tertiary/aromatic N) is 3. The molecule has 6 nitrogen and oxygen atoms in total. The van der Waals surface area contributed by atoms with E-state index in [1.165, 1.54) is 0 Å². The van der Waals surface area contributed by atoms with Gasteiger partial charge in [0.15, 0.2) is 11.1 Å². The van der Waals surface area contributed by atoms with Crippen LogP contribution in [-0.2, 0) is 6.54 Å². The number of aliphatic imine (C=N–C) groups is 1. The average Bonchev–Trinajstić information content (AvgIpc) is 3.11. The molecule has 1 aromatic carbocycles. The summed E-state index contributed by atoms with van der Waals surface area (Å²) >= 11 is 7.79. The van der Waals surface area contributed by atoms with Crippen LogP contribution < -0.4 is 20.3 Å². The normalized spacial score (nSPS) is 12.1. The maximum absolute atomic E-state index is 6.17. The van der Waals surface area contributed by atoms with Crippen LogP contribution >= 0.6 is 46.9 Å². The van der Waals surface area contributed by atoms with E-state index < -0.39 is 0 Å². The summed E-state index contributed by atoms with van der Waals surface area (Å²) in [5, 5.41) is 10.2. The molecule has 1 aromatic heterocycles. The number of hydrogen-bond acceptors (Lipinski definition) is 5. The van der Waals surface area contributed by atoms with Crippen molar-refractivity contribution in [3.63, 3.8) is 0 Å². The molecule has 0 aliphatic heterocycles. The molecule has 1 unspecified atom stereocenters. The summed E-state index contributed by atoms with van der Waals surface area (Å²) in [5.41, 5.74) is 0.987. The Morgan fingerprint density at radius 2 is 2.07 bits per heavy atom. The number of aromatic nitrogens is 1. The maximum atomic E-state index is 6.17. The Morgan fingerprint density at radius 3 is 2.67 bits per heavy atom. The summed E-state index contributed by atoms with van der Waals surface area (Å²) in [6, 6.07) is 7.51. The van der Waals surface area contributed by atoms with Crippen LogP contribution in [0.4, 0.5) is 5.13 Å². The summed E-state index contributed by atoms with van der Waals surface area (Å²) in [4.78, 5) is 10.8. The van der Waals surface area contributed by atoms with Gasteiger partial charge in [-0.05, 0) is 18.6 Å². The first-order valence-corrected chi connectivity index (χ1v) is 9.76. The fourth-order valence-electron chi connectivity index (χ4n) is 2.18. The van der Waals surface area contributed by atoms with E-state index in [0.29, 0.717) is 29.8 Å². The summed E-state index contributed by atoms with van der Waals surface area (Å²) in [6.45, 7) is 3.32. The van der Waals surface area contributed by atoms with Crippen LogP contribution in [0.1, 0.15) is 19.0 Å². The first-order chi connectivity index (χ1) is 12.5. The number of ether oxygens (including phenoxy) is 1. The molecule has 9 heteroatoms. The molecule has 0 amide bonds. The first-order valence-electron chi connectivity index (χ1n) is 8.50. The van der Waals surface area contributed by atoms with Crippen LogP contribution in [0.15, 0.2) is 34.6 Å². The fourth-order valence-corrected chi connectivity index (χ4v) is 3.12. The maximum Gasteiger partial charge on any atom is 0.191 e. The van der Waals surface area contributed by atoms with E-state index in [2.05, 4.69) is 27.5 Å². The molecule has 1 heterocycles. The molecular formula is C18H27ClIN5OS. The minimum atomic E-state index is -0.00642. The molecular weight excluding hydrogens is 497 g/mol. The van der Waals surface area contributed by atoms with Crippen LogP contribution in [-0.4, -0.2) is 44.7 Å². The highest BCUT2D eigenvalue weighted by Gasteiger charge is 2.11. The highest BCUT2D eigenvalue weighted by Crippen LogP contribution is 2.24. The quantitative estimate of drug-likeness (QED) is 0.311. The number of nitrogens with one attached hydrogen (secondary N) is 2. The van der Waals surface area contributed by atoms with Crippen LogP contribution in [0.25, 0.3) is 0 Å². The number of para-hydroxylation sites is 1. The van der Waals surface area contributed by atoms with Crippen LogP contribution in [0, 0.1) is 0 Å². The molecule has 150 valence electrons. The molecule has 0 saturated carbocycles. The van der Waals surface area contributed by atoms with Crippen molar-refractivity contribution < 1.29 is 4.74 Å². The van der Waals surface area contributed by atoms with E-state index in [4.69, 9.17) is 16.3 Å². The SMILES string of the molecule is CCC(CNC(=NC)NCc1csc(N(C)C)n1)Oc1ccccc1Cl.I. The van der Waals surface area contributed by atoms with Crippen molar-refractivity contribution in [3.05, 3.63) is 40.4 Å². The predicted molar refractivity (Wildman–Crippen MR) is 126 cm³/mol. The van der Waals surface area contributed by atoms with Gasteiger partial charge in [0.1, 0.15) is 11.9 Å². The monoisotopic (exact) mass is 523 g/mol. The number of guanidine groups is 1. The van der Waals surface area contributed by atoms with E-state index in [1.807, 2.05) is 48.6 Å². The van der Waals surface area contributed by atoms with E-state index >= 15 is 0 Å². The second kappa shape index (κ2) is 12.2. The number of halogens is 2. The Morgan fingerprint density at radius 1 is 1.33 bits per heavy atom. The van der Waals surface area contributed by atoms with Crippen molar-refractivity contribution in [1.29, 1.82) is 0 Å². The molecule has 0 saturated heterocycles.